The number of carbonyl (C=O) groups excluding carboxylic acids is 2. The lowest BCUT2D eigenvalue weighted by Crippen LogP contribution is -2.28. The fraction of sp³-hybridized carbons (Fsp3) is 0.429. The quantitative estimate of drug-likeness (QED) is 0.874. The van der Waals surface area contributed by atoms with Crippen LogP contribution in [0.15, 0.2) is 22.7 Å². The lowest BCUT2D eigenvalue weighted by atomic mass is 10.2. The maximum Gasteiger partial charge on any atom is 0.226 e. The van der Waals surface area contributed by atoms with E-state index in [9.17, 15) is 9.59 Å². The van der Waals surface area contributed by atoms with Crippen molar-refractivity contribution in [1.82, 2.24) is 5.32 Å². The molecule has 102 valence electrons. The molecule has 0 spiro atoms. The minimum absolute atomic E-state index is 0.0754. The molecule has 1 fully saturated rings. The van der Waals surface area contributed by atoms with Crippen LogP contribution < -0.4 is 10.6 Å². The molecule has 0 heterocycles. The van der Waals surface area contributed by atoms with E-state index in [1.54, 1.807) is 0 Å². The van der Waals surface area contributed by atoms with Crippen molar-refractivity contribution in [2.45, 2.75) is 26.2 Å². The number of benzene rings is 1. The monoisotopic (exact) mass is 324 g/mol. The molecule has 19 heavy (non-hydrogen) atoms. The highest BCUT2D eigenvalue weighted by molar-refractivity contribution is 9.10. The van der Waals surface area contributed by atoms with Crippen molar-refractivity contribution >= 4 is 33.4 Å². The Balaban J connectivity index is 1.77. The number of amides is 2. The van der Waals surface area contributed by atoms with Gasteiger partial charge in [-0.2, -0.15) is 0 Å². The molecule has 5 heteroatoms. The first-order valence-corrected chi connectivity index (χ1v) is 7.19. The summed E-state index contributed by atoms with van der Waals surface area (Å²) in [4.78, 5) is 23.2. The molecule has 1 aromatic carbocycles. The molecular formula is C14H17BrN2O2. The molecule has 2 rings (SSSR count). The predicted molar refractivity (Wildman–Crippen MR) is 77.9 cm³/mol. The number of anilines is 1. The third kappa shape index (κ3) is 4.35. The van der Waals surface area contributed by atoms with Crippen LogP contribution in [0.25, 0.3) is 0 Å². The van der Waals surface area contributed by atoms with Crippen molar-refractivity contribution in [1.29, 1.82) is 0 Å². The number of halogens is 1. The van der Waals surface area contributed by atoms with Gasteiger partial charge in [-0.05, 0) is 37.5 Å². The smallest absolute Gasteiger partial charge is 0.226 e. The van der Waals surface area contributed by atoms with Crippen LogP contribution in [0, 0.1) is 12.8 Å². The lowest BCUT2D eigenvalue weighted by Gasteiger charge is -2.09. The summed E-state index contributed by atoms with van der Waals surface area (Å²) in [7, 11) is 0. The van der Waals surface area contributed by atoms with Gasteiger partial charge in [0.05, 0.1) is 0 Å². The Labute approximate surface area is 121 Å². The average Bonchev–Trinajstić information content (AvgIpc) is 3.18. The molecule has 0 saturated heterocycles. The van der Waals surface area contributed by atoms with Gasteiger partial charge in [0, 0.05) is 29.0 Å². The molecule has 0 unspecified atom stereocenters. The van der Waals surface area contributed by atoms with Gasteiger partial charge in [0.2, 0.25) is 11.8 Å². The summed E-state index contributed by atoms with van der Waals surface area (Å²) in [5, 5.41) is 5.63. The zero-order chi connectivity index (χ0) is 13.8. The highest BCUT2D eigenvalue weighted by Gasteiger charge is 2.29. The van der Waals surface area contributed by atoms with E-state index in [0.29, 0.717) is 13.0 Å². The molecule has 1 aliphatic rings. The fourth-order valence-electron chi connectivity index (χ4n) is 1.73. The number of hydrogen-bond acceptors (Lipinski definition) is 2. The van der Waals surface area contributed by atoms with E-state index in [1.165, 1.54) is 0 Å². The summed E-state index contributed by atoms with van der Waals surface area (Å²) in [5.41, 5.74) is 1.81. The van der Waals surface area contributed by atoms with Crippen LogP contribution in [-0.2, 0) is 9.59 Å². The summed E-state index contributed by atoms with van der Waals surface area (Å²) < 4.78 is 0.926. The van der Waals surface area contributed by atoms with Crippen molar-refractivity contribution in [3.8, 4) is 0 Å². The Kier molecular flexibility index (Phi) is 4.58. The van der Waals surface area contributed by atoms with Gasteiger partial charge in [-0.3, -0.25) is 9.59 Å². The van der Waals surface area contributed by atoms with Gasteiger partial charge in [-0.25, -0.2) is 0 Å². The van der Waals surface area contributed by atoms with Gasteiger partial charge < -0.3 is 10.6 Å². The minimum atomic E-state index is -0.0858. The van der Waals surface area contributed by atoms with E-state index in [1.807, 2.05) is 25.1 Å². The Bertz CT molecular complexity index is 498. The molecule has 1 aromatic rings. The van der Waals surface area contributed by atoms with Crippen LogP contribution in [0.1, 0.15) is 24.8 Å². The Morgan fingerprint density at radius 1 is 1.37 bits per heavy atom. The van der Waals surface area contributed by atoms with Gasteiger partial charge in [-0.15, -0.1) is 0 Å². The molecule has 1 saturated carbocycles. The first-order valence-electron chi connectivity index (χ1n) is 6.40. The van der Waals surface area contributed by atoms with Gasteiger partial charge in [0.1, 0.15) is 0 Å². The van der Waals surface area contributed by atoms with Crippen LogP contribution in [0.2, 0.25) is 0 Å². The molecule has 0 aromatic heterocycles. The van der Waals surface area contributed by atoms with Gasteiger partial charge in [-0.1, -0.05) is 22.0 Å². The van der Waals surface area contributed by atoms with E-state index < -0.39 is 0 Å². The first kappa shape index (κ1) is 14.1. The highest BCUT2D eigenvalue weighted by Crippen LogP contribution is 2.28. The molecule has 0 radical (unpaired) electrons. The number of nitrogens with one attached hydrogen (secondary N) is 2. The number of aryl methyl sites for hydroxylation is 1. The molecule has 0 atom stereocenters. The second-order valence-corrected chi connectivity index (χ2v) is 5.74. The molecular weight excluding hydrogens is 308 g/mol. The third-order valence-corrected chi connectivity index (χ3v) is 3.57. The fourth-order valence-corrected chi connectivity index (χ4v) is 2.09. The largest absolute Gasteiger partial charge is 0.355 e. The van der Waals surface area contributed by atoms with Gasteiger partial charge in [0.15, 0.2) is 0 Å². The zero-order valence-electron chi connectivity index (χ0n) is 10.8. The Hall–Kier alpha value is -1.36. The Morgan fingerprint density at radius 2 is 2.11 bits per heavy atom. The molecule has 1 aliphatic carbocycles. The normalized spacial score (nSPS) is 14.0. The van der Waals surface area contributed by atoms with E-state index in [2.05, 4.69) is 26.6 Å². The van der Waals surface area contributed by atoms with Gasteiger partial charge >= 0.3 is 0 Å². The molecule has 2 N–H and O–H groups in total. The van der Waals surface area contributed by atoms with Crippen molar-refractivity contribution in [3.63, 3.8) is 0 Å². The minimum Gasteiger partial charge on any atom is -0.355 e. The second-order valence-electron chi connectivity index (χ2n) is 4.82. The maximum atomic E-state index is 11.8. The van der Waals surface area contributed by atoms with Crippen LogP contribution in [0.4, 0.5) is 5.69 Å². The van der Waals surface area contributed by atoms with Crippen molar-refractivity contribution < 1.29 is 9.59 Å². The standard InChI is InChI=1S/C14H17BrN2O2/c1-9-2-5-11(15)8-12(9)17-13(18)6-7-16-14(19)10-3-4-10/h2,5,8,10H,3-4,6-7H2,1H3,(H,16,19)(H,17,18). The summed E-state index contributed by atoms with van der Waals surface area (Å²) >= 11 is 3.37. The summed E-state index contributed by atoms with van der Waals surface area (Å²) in [5.74, 6) is 0.180. The van der Waals surface area contributed by atoms with Crippen LogP contribution in [0.3, 0.4) is 0 Å². The summed E-state index contributed by atoms with van der Waals surface area (Å²) in [6, 6.07) is 5.74. The number of rotatable bonds is 5. The molecule has 0 aliphatic heterocycles. The van der Waals surface area contributed by atoms with Gasteiger partial charge in [0.25, 0.3) is 0 Å². The van der Waals surface area contributed by atoms with E-state index in [-0.39, 0.29) is 17.7 Å². The topological polar surface area (TPSA) is 58.2 Å². The summed E-state index contributed by atoms with van der Waals surface area (Å²) in [6.07, 6.45) is 2.26. The number of carbonyl (C=O) groups is 2. The molecule has 2 amide bonds. The van der Waals surface area contributed by atoms with Crippen LogP contribution in [-0.4, -0.2) is 18.4 Å². The highest BCUT2D eigenvalue weighted by atomic mass is 79.9. The first-order chi connectivity index (χ1) is 9.06. The van der Waals surface area contributed by atoms with Crippen molar-refractivity contribution in [3.05, 3.63) is 28.2 Å². The molecule has 0 bridgehead atoms. The second kappa shape index (κ2) is 6.19. The number of hydrogen-bond donors (Lipinski definition) is 2. The van der Waals surface area contributed by atoms with E-state index in [4.69, 9.17) is 0 Å². The SMILES string of the molecule is Cc1ccc(Br)cc1NC(=O)CCNC(=O)C1CC1. The molecule has 4 nitrogen and oxygen atoms in total. The van der Waals surface area contributed by atoms with E-state index in [0.717, 1.165) is 28.6 Å². The Morgan fingerprint density at radius 3 is 2.79 bits per heavy atom. The van der Waals surface area contributed by atoms with Crippen LogP contribution in [0.5, 0.6) is 0 Å². The van der Waals surface area contributed by atoms with Crippen LogP contribution >= 0.6 is 15.9 Å². The average molecular weight is 325 g/mol. The van der Waals surface area contributed by atoms with Crippen molar-refractivity contribution in [2.75, 3.05) is 11.9 Å². The maximum absolute atomic E-state index is 11.8. The van der Waals surface area contributed by atoms with E-state index >= 15 is 0 Å². The predicted octanol–water partition coefficient (Wildman–Crippen LogP) is 2.61. The third-order valence-electron chi connectivity index (χ3n) is 3.07. The lowest BCUT2D eigenvalue weighted by molar-refractivity contribution is -0.122. The van der Waals surface area contributed by atoms with Crippen molar-refractivity contribution in [2.24, 2.45) is 5.92 Å². The zero-order valence-corrected chi connectivity index (χ0v) is 12.4. The summed E-state index contributed by atoms with van der Waals surface area (Å²) in [6.45, 7) is 2.34.